The molecule has 0 aliphatic carbocycles. The van der Waals surface area contributed by atoms with Crippen LogP contribution in [0.2, 0.25) is 0 Å². The summed E-state index contributed by atoms with van der Waals surface area (Å²) in [6, 6.07) is 0. The Balaban J connectivity index is -0.000000602. The molecule has 7 N–H and O–H groups in total. The Labute approximate surface area is 149 Å². The van der Waals surface area contributed by atoms with Crippen LogP contribution in [0.1, 0.15) is 1.43 Å². The van der Waals surface area contributed by atoms with Crippen LogP contribution in [0.5, 0.6) is 0 Å². The van der Waals surface area contributed by atoms with E-state index in [-0.39, 0.29) is 50.2 Å². The van der Waals surface area contributed by atoms with Crippen molar-refractivity contribution in [3.05, 3.63) is 0 Å². The zero-order valence-corrected chi connectivity index (χ0v) is 14.3. The van der Waals surface area contributed by atoms with Gasteiger partial charge in [-0.15, -0.1) is 0 Å². The molecule has 22 heavy (non-hydrogen) atoms. The first-order chi connectivity index (χ1) is 9.20. The van der Waals surface area contributed by atoms with Crippen LogP contribution in [0.4, 0.5) is 0 Å². The summed E-state index contributed by atoms with van der Waals surface area (Å²) in [4.78, 5) is 44.4. The molecule has 0 aromatic carbocycles. The summed E-state index contributed by atoms with van der Waals surface area (Å²) in [7, 11) is 0. The van der Waals surface area contributed by atoms with Crippen LogP contribution in [0.25, 0.3) is 0 Å². The molecule has 0 saturated carbocycles. The van der Waals surface area contributed by atoms with E-state index in [4.69, 9.17) is 20.4 Å². The summed E-state index contributed by atoms with van der Waals surface area (Å²) < 4.78 is 0. The van der Waals surface area contributed by atoms with Gasteiger partial charge < -0.3 is 28.0 Å². The first kappa shape index (κ1) is 25.7. The minimum atomic E-state index is -1.23. The maximum absolute atomic E-state index is 10.6. The van der Waals surface area contributed by atoms with Gasteiger partial charge in [0, 0.05) is 13.1 Å². The number of carboxylic acids is 4. The van der Waals surface area contributed by atoms with E-state index in [1.54, 1.807) is 0 Å². The number of carbonyl (C=O) groups is 4. The molecule has 0 bridgehead atoms. The Bertz CT molecular complexity index is 330. The molecule has 12 heteroatoms. The van der Waals surface area contributed by atoms with E-state index in [1.165, 1.54) is 0 Å². The minimum absolute atomic E-state index is 0. The molecular formula is C10H20N3NaO8. The average Bonchev–Trinajstić information content (AvgIpc) is 2.22. The van der Waals surface area contributed by atoms with Crippen molar-refractivity contribution in [1.29, 1.82) is 0 Å². The number of rotatable bonds is 11. The van der Waals surface area contributed by atoms with Crippen LogP contribution in [0.3, 0.4) is 0 Å². The molecule has 0 aromatic heterocycles. The quantitative estimate of drug-likeness (QED) is 0.228. The largest absolute Gasteiger partial charge is 1.00 e. The van der Waals surface area contributed by atoms with E-state index in [0.29, 0.717) is 0 Å². The van der Waals surface area contributed by atoms with E-state index in [1.807, 2.05) is 0 Å². The van der Waals surface area contributed by atoms with Gasteiger partial charge in [0.2, 0.25) is 0 Å². The fraction of sp³-hybridized carbons (Fsp3) is 0.600. The number of hydrogen-bond acceptors (Lipinski definition) is 7. The number of aliphatic carboxylic acids is 4. The Morgan fingerprint density at radius 1 is 0.636 bits per heavy atom. The van der Waals surface area contributed by atoms with Crippen LogP contribution in [-0.4, -0.2) is 93.4 Å². The molecule has 0 aromatic rings. The van der Waals surface area contributed by atoms with Crippen LogP contribution < -0.4 is 35.7 Å². The van der Waals surface area contributed by atoms with Gasteiger partial charge in [-0.3, -0.25) is 29.0 Å². The maximum atomic E-state index is 10.6. The second-order valence-corrected chi connectivity index (χ2v) is 4.00. The normalized spacial score (nSPS) is 9.73. The molecule has 0 spiro atoms. The Kier molecular flexibility index (Phi) is 15.7. The third-order valence-electron chi connectivity index (χ3n) is 2.17. The van der Waals surface area contributed by atoms with E-state index in [2.05, 4.69) is 0 Å². The van der Waals surface area contributed by atoms with Crippen LogP contribution in [-0.2, 0) is 19.2 Å². The topological polar surface area (TPSA) is 191 Å². The van der Waals surface area contributed by atoms with Gasteiger partial charge in [-0.1, -0.05) is 0 Å². The van der Waals surface area contributed by atoms with Gasteiger partial charge in [0.05, 0.1) is 26.2 Å². The smallest absolute Gasteiger partial charge is 1.00 e. The first-order valence-electron chi connectivity index (χ1n) is 5.52. The van der Waals surface area contributed by atoms with E-state index >= 15 is 0 Å². The zero-order chi connectivity index (χ0) is 15.7. The predicted octanol–water partition coefficient (Wildman–Crippen LogP) is -4.79. The summed E-state index contributed by atoms with van der Waals surface area (Å²) >= 11 is 0. The molecule has 0 fully saturated rings. The fourth-order valence-electron chi connectivity index (χ4n) is 1.48. The molecule has 0 rings (SSSR count). The Morgan fingerprint density at radius 3 is 0.955 bits per heavy atom. The van der Waals surface area contributed by atoms with Crippen molar-refractivity contribution >= 4 is 23.9 Å². The second-order valence-electron chi connectivity index (χ2n) is 4.00. The SMILES string of the molecule is N.O=C(O)CN(CCN(CC(=O)O)CC(=O)O)CC(=O)O.[H-].[Na+]. The van der Waals surface area contributed by atoms with Crippen molar-refractivity contribution in [1.82, 2.24) is 16.0 Å². The third kappa shape index (κ3) is 15.2. The summed E-state index contributed by atoms with van der Waals surface area (Å²) in [5.74, 6) is -4.91. The van der Waals surface area contributed by atoms with Gasteiger partial charge >= 0.3 is 53.4 Å². The Morgan fingerprint density at radius 2 is 0.818 bits per heavy atom. The third-order valence-corrected chi connectivity index (χ3v) is 2.17. The number of hydrogen-bond donors (Lipinski definition) is 5. The van der Waals surface area contributed by atoms with Crippen LogP contribution >= 0.6 is 0 Å². The first-order valence-corrected chi connectivity index (χ1v) is 5.52. The zero-order valence-electron chi connectivity index (χ0n) is 13.3. The molecule has 0 atom stereocenters. The molecule has 0 saturated heterocycles. The summed E-state index contributed by atoms with van der Waals surface area (Å²) in [6.07, 6.45) is 0. The molecule has 0 radical (unpaired) electrons. The summed E-state index contributed by atoms with van der Waals surface area (Å²) in [6.45, 7) is -2.25. The van der Waals surface area contributed by atoms with Gasteiger partial charge in [-0.25, -0.2) is 0 Å². The van der Waals surface area contributed by atoms with Gasteiger partial charge in [-0.2, -0.15) is 0 Å². The maximum Gasteiger partial charge on any atom is 1.00 e. The van der Waals surface area contributed by atoms with Gasteiger partial charge in [0.15, 0.2) is 0 Å². The molecule has 0 heterocycles. The minimum Gasteiger partial charge on any atom is -1.00 e. The van der Waals surface area contributed by atoms with Crippen LogP contribution in [0, 0.1) is 0 Å². The van der Waals surface area contributed by atoms with E-state index in [0.717, 1.165) is 9.80 Å². The molecule has 11 nitrogen and oxygen atoms in total. The number of carboxylic acid groups (broad SMARTS) is 4. The van der Waals surface area contributed by atoms with E-state index < -0.39 is 50.1 Å². The van der Waals surface area contributed by atoms with Crippen molar-refractivity contribution in [3.63, 3.8) is 0 Å². The molecule has 0 aliphatic heterocycles. The van der Waals surface area contributed by atoms with Gasteiger partial charge in [-0.05, 0) is 0 Å². The standard InChI is InChI=1S/C10H16N2O8.H3N.Na.H/c13-7(14)3-11(4-8(15)16)1-2-12(5-9(17)18)6-10(19)20;;;/h1-6H2,(H,13,14)(H,15,16)(H,17,18)(H,19,20);1H3;;/q;;+1;-1. The monoisotopic (exact) mass is 333 g/mol. The molecular weight excluding hydrogens is 313 g/mol. The molecule has 0 unspecified atom stereocenters. The fourth-order valence-corrected chi connectivity index (χ4v) is 1.48. The average molecular weight is 333 g/mol. The molecule has 0 aliphatic rings. The summed E-state index contributed by atoms with van der Waals surface area (Å²) in [5.41, 5.74) is 0. The van der Waals surface area contributed by atoms with Gasteiger partial charge in [0.25, 0.3) is 0 Å². The number of nitrogens with zero attached hydrogens (tertiary/aromatic N) is 2. The van der Waals surface area contributed by atoms with Crippen molar-refractivity contribution in [2.45, 2.75) is 0 Å². The molecule has 0 amide bonds. The summed E-state index contributed by atoms with van der Waals surface area (Å²) in [5, 5.41) is 34.5. The molecule has 124 valence electrons. The van der Waals surface area contributed by atoms with Crippen molar-refractivity contribution in [2.24, 2.45) is 0 Å². The second kappa shape index (κ2) is 13.4. The van der Waals surface area contributed by atoms with Crippen molar-refractivity contribution in [2.75, 3.05) is 39.3 Å². The van der Waals surface area contributed by atoms with Crippen LogP contribution in [0.15, 0.2) is 0 Å². The van der Waals surface area contributed by atoms with Crippen molar-refractivity contribution in [3.8, 4) is 0 Å². The van der Waals surface area contributed by atoms with Crippen molar-refractivity contribution < 1.29 is 70.6 Å². The Hall–Kier alpha value is -1.24. The van der Waals surface area contributed by atoms with E-state index in [9.17, 15) is 19.2 Å². The predicted molar refractivity (Wildman–Crippen MR) is 69.6 cm³/mol. The van der Waals surface area contributed by atoms with Gasteiger partial charge in [0.1, 0.15) is 0 Å².